The molecule has 3 rings (SSSR count). The topological polar surface area (TPSA) is 29.1 Å². The Bertz CT molecular complexity index is 684. The molecule has 0 saturated heterocycles. The fourth-order valence-corrected chi connectivity index (χ4v) is 2.78. The van der Waals surface area contributed by atoms with Crippen molar-refractivity contribution in [3.05, 3.63) is 65.2 Å². The van der Waals surface area contributed by atoms with Crippen LogP contribution in [0.1, 0.15) is 23.5 Å². The molecule has 1 aliphatic heterocycles. The Labute approximate surface area is 121 Å². The first-order valence-electron chi connectivity index (χ1n) is 6.94. The van der Waals surface area contributed by atoms with Crippen molar-refractivity contribution in [1.82, 2.24) is 0 Å². The zero-order chi connectivity index (χ0) is 14.8. The Kier molecular flexibility index (Phi) is 3.69. The van der Waals surface area contributed by atoms with Crippen molar-refractivity contribution in [3.8, 4) is 0 Å². The van der Waals surface area contributed by atoms with Gasteiger partial charge in [0.05, 0.1) is 0 Å². The van der Waals surface area contributed by atoms with Crippen LogP contribution in [0.25, 0.3) is 0 Å². The predicted molar refractivity (Wildman–Crippen MR) is 77.4 cm³/mol. The molecule has 1 atom stereocenters. The summed E-state index contributed by atoms with van der Waals surface area (Å²) in [6.07, 6.45) is 0.684. The third-order valence-electron chi connectivity index (χ3n) is 3.85. The highest BCUT2D eigenvalue weighted by molar-refractivity contribution is 5.89. The molecule has 2 aromatic rings. The van der Waals surface area contributed by atoms with Crippen molar-refractivity contribution in [1.29, 1.82) is 0 Å². The van der Waals surface area contributed by atoms with Gasteiger partial charge in [-0.05, 0) is 29.7 Å². The highest BCUT2D eigenvalue weighted by Gasteiger charge is 2.26. The summed E-state index contributed by atoms with van der Waals surface area (Å²) in [6, 6.07) is 11.0. The number of ketones is 1. The van der Waals surface area contributed by atoms with E-state index in [-0.39, 0.29) is 23.7 Å². The van der Waals surface area contributed by atoms with Crippen LogP contribution in [0.4, 0.5) is 14.5 Å². The number of nitrogens with one attached hydrogen (secondary N) is 1. The van der Waals surface area contributed by atoms with Gasteiger partial charge in [0, 0.05) is 30.6 Å². The Hall–Kier alpha value is -2.23. The normalized spacial score (nSPS) is 17.0. The standard InChI is InChI=1S/C17H15F2NO/c18-12-6-5-11(15(19)10-12)9-17(21)14-7-8-20-16-4-2-1-3-13(14)16/h1-6,10,14,20H,7-9H2. The average Bonchev–Trinajstić information content (AvgIpc) is 2.49. The zero-order valence-corrected chi connectivity index (χ0v) is 11.4. The number of fused-ring (bicyclic) bond motifs is 1. The van der Waals surface area contributed by atoms with E-state index in [0.29, 0.717) is 6.42 Å². The lowest BCUT2D eigenvalue weighted by atomic mass is 9.85. The molecule has 0 aliphatic carbocycles. The summed E-state index contributed by atoms with van der Waals surface area (Å²) in [5.74, 6) is -1.55. The highest BCUT2D eigenvalue weighted by atomic mass is 19.1. The molecule has 0 fully saturated rings. The quantitative estimate of drug-likeness (QED) is 0.933. The number of para-hydroxylation sites is 1. The second-order valence-electron chi connectivity index (χ2n) is 5.23. The number of rotatable bonds is 3. The largest absolute Gasteiger partial charge is 0.385 e. The predicted octanol–water partition coefficient (Wildman–Crippen LogP) is 3.68. The van der Waals surface area contributed by atoms with Gasteiger partial charge in [-0.25, -0.2) is 8.78 Å². The molecule has 0 saturated carbocycles. The lowest BCUT2D eigenvalue weighted by Gasteiger charge is -2.25. The molecule has 2 aromatic carbocycles. The summed E-state index contributed by atoms with van der Waals surface area (Å²) >= 11 is 0. The van der Waals surface area contributed by atoms with Gasteiger partial charge in [0.15, 0.2) is 0 Å². The van der Waals surface area contributed by atoms with Gasteiger partial charge in [0.25, 0.3) is 0 Å². The van der Waals surface area contributed by atoms with Crippen LogP contribution < -0.4 is 5.32 Å². The first kappa shape index (κ1) is 13.7. The van der Waals surface area contributed by atoms with E-state index in [0.717, 1.165) is 23.9 Å². The van der Waals surface area contributed by atoms with E-state index in [2.05, 4.69) is 5.32 Å². The van der Waals surface area contributed by atoms with Crippen LogP contribution in [0.3, 0.4) is 0 Å². The summed E-state index contributed by atoms with van der Waals surface area (Å²) < 4.78 is 26.6. The fraction of sp³-hybridized carbons (Fsp3) is 0.235. The minimum Gasteiger partial charge on any atom is -0.385 e. The Balaban J connectivity index is 1.83. The third-order valence-corrected chi connectivity index (χ3v) is 3.85. The van der Waals surface area contributed by atoms with E-state index in [1.807, 2.05) is 24.3 Å². The summed E-state index contributed by atoms with van der Waals surface area (Å²) in [7, 11) is 0. The number of carbonyl (C=O) groups is 1. The SMILES string of the molecule is O=C(Cc1ccc(F)cc1F)C1CCNc2ccccc21. The van der Waals surface area contributed by atoms with Crippen molar-refractivity contribution in [2.75, 3.05) is 11.9 Å². The Morgan fingerprint density at radius 3 is 2.81 bits per heavy atom. The summed E-state index contributed by atoms with van der Waals surface area (Å²) in [6.45, 7) is 0.722. The van der Waals surface area contributed by atoms with Crippen LogP contribution in [0.15, 0.2) is 42.5 Å². The van der Waals surface area contributed by atoms with E-state index in [1.165, 1.54) is 12.1 Å². The summed E-state index contributed by atoms with van der Waals surface area (Å²) in [4.78, 5) is 12.5. The molecule has 1 N–H and O–H groups in total. The molecule has 0 aromatic heterocycles. The van der Waals surface area contributed by atoms with Crippen LogP contribution in [0.2, 0.25) is 0 Å². The maximum Gasteiger partial charge on any atom is 0.144 e. The maximum atomic E-state index is 13.7. The van der Waals surface area contributed by atoms with Gasteiger partial charge < -0.3 is 5.32 Å². The number of Topliss-reactive ketones (excluding diaryl/α,β-unsaturated/α-hetero) is 1. The van der Waals surface area contributed by atoms with Crippen molar-refractivity contribution in [2.45, 2.75) is 18.8 Å². The number of hydrogen-bond acceptors (Lipinski definition) is 2. The second-order valence-corrected chi connectivity index (χ2v) is 5.23. The molecule has 0 bridgehead atoms. The van der Waals surface area contributed by atoms with Crippen LogP contribution in [-0.2, 0) is 11.2 Å². The highest BCUT2D eigenvalue weighted by Crippen LogP contribution is 2.32. The zero-order valence-electron chi connectivity index (χ0n) is 11.4. The molecule has 1 aliphatic rings. The van der Waals surface area contributed by atoms with Crippen LogP contribution in [0.5, 0.6) is 0 Å². The first-order chi connectivity index (χ1) is 10.1. The molecule has 1 heterocycles. The van der Waals surface area contributed by atoms with Crippen molar-refractivity contribution < 1.29 is 13.6 Å². The summed E-state index contributed by atoms with van der Waals surface area (Å²) in [5.41, 5.74) is 2.16. The van der Waals surface area contributed by atoms with E-state index < -0.39 is 11.6 Å². The lowest BCUT2D eigenvalue weighted by Crippen LogP contribution is -2.24. The van der Waals surface area contributed by atoms with E-state index in [1.54, 1.807) is 0 Å². The number of hydrogen-bond donors (Lipinski definition) is 1. The van der Waals surface area contributed by atoms with Crippen molar-refractivity contribution in [3.63, 3.8) is 0 Å². The van der Waals surface area contributed by atoms with Gasteiger partial charge in [-0.1, -0.05) is 24.3 Å². The smallest absolute Gasteiger partial charge is 0.144 e. The third kappa shape index (κ3) is 2.79. The molecular weight excluding hydrogens is 272 g/mol. The van der Waals surface area contributed by atoms with Gasteiger partial charge in [0.1, 0.15) is 17.4 Å². The van der Waals surface area contributed by atoms with E-state index >= 15 is 0 Å². The molecule has 108 valence electrons. The van der Waals surface area contributed by atoms with Crippen molar-refractivity contribution >= 4 is 11.5 Å². The Morgan fingerprint density at radius 1 is 1.19 bits per heavy atom. The monoisotopic (exact) mass is 287 g/mol. The van der Waals surface area contributed by atoms with Gasteiger partial charge in [0.2, 0.25) is 0 Å². The maximum absolute atomic E-state index is 13.7. The van der Waals surface area contributed by atoms with Gasteiger partial charge in [-0.15, -0.1) is 0 Å². The van der Waals surface area contributed by atoms with Crippen LogP contribution in [0, 0.1) is 11.6 Å². The minimum atomic E-state index is -0.662. The van der Waals surface area contributed by atoms with E-state index in [4.69, 9.17) is 0 Å². The molecule has 0 amide bonds. The Morgan fingerprint density at radius 2 is 2.00 bits per heavy atom. The van der Waals surface area contributed by atoms with Gasteiger partial charge >= 0.3 is 0 Å². The van der Waals surface area contributed by atoms with Crippen molar-refractivity contribution in [2.24, 2.45) is 0 Å². The first-order valence-corrected chi connectivity index (χ1v) is 6.94. The number of halogens is 2. The van der Waals surface area contributed by atoms with Gasteiger partial charge in [-0.3, -0.25) is 4.79 Å². The fourth-order valence-electron chi connectivity index (χ4n) is 2.78. The summed E-state index contributed by atoms with van der Waals surface area (Å²) in [5, 5.41) is 3.25. The molecule has 0 radical (unpaired) electrons. The number of benzene rings is 2. The minimum absolute atomic E-state index is 0.00882. The van der Waals surface area contributed by atoms with Gasteiger partial charge in [-0.2, -0.15) is 0 Å². The van der Waals surface area contributed by atoms with Crippen LogP contribution >= 0.6 is 0 Å². The average molecular weight is 287 g/mol. The lowest BCUT2D eigenvalue weighted by molar-refractivity contribution is -0.120. The molecule has 2 nitrogen and oxygen atoms in total. The molecular formula is C17H15F2NO. The number of carbonyl (C=O) groups excluding carboxylic acids is 1. The molecule has 21 heavy (non-hydrogen) atoms. The van der Waals surface area contributed by atoms with E-state index in [9.17, 15) is 13.6 Å². The van der Waals surface area contributed by atoms with Crippen LogP contribution in [-0.4, -0.2) is 12.3 Å². The second kappa shape index (κ2) is 5.64. The molecule has 4 heteroatoms. The molecule has 1 unspecified atom stereocenters. The molecule has 0 spiro atoms. The number of anilines is 1.